The maximum atomic E-state index is 13.5. The Morgan fingerprint density at radius 3 is 2.50 bits per heavy atom. The SMILES string of the molecule is O=C(C1=CCCc2ccccc21)c1ccc(OCCN2CCCC2)c(-c2ccccc2)c1. The number of hydrogen-bond donors (Lipinski definition) is 0. The molecule has 0 N–H and O–H groups in total. The van der Waals surface area contributed by atoms with Crippen LogP contribution in [0.4, 0.5) is 0 Å². The summed E-state index contributed by atoms with van der Waals surface area (Å²) in [4.78, 5) is 16.0. The number of benzene rings is 3. The first kappa shape index (κ1) is 20.7. The number of hydrogen-bond acceptors (Lipinski definition) is 3. The molecule has 1 aliphatic heterocycles. The summed E-state index contributed by atoms with van der Waals surface area (Å²) < 4.78 is 6.22. The van der Waals surface area contributed by atoms with E-state index in [4.69, 9.17) is 4.74 Å². The fraction of sp³-hybridized carbons (Fsp3) is 0.276. The number of rotatable bonds is 7. The molecule has 1 heterocycles. The molecular formula is C29H29NO2. The Kier molecular flexibility index (Phi) is 6.17. The van der Waals surface area contributed by atoms with Crippen LogP contribution >= 0.6 is 0 Å². The van der Waals surface area contributed by atoms with Crippen LogP contribution in [0.2, 0.25) is 0 Å². The van der Waals surface area contributed by atoms with E-state index in [1.807, 2.05) is 48.5 Å². The maximum absolute atomic E-state index is 13.5. The zero-order valence-corrected chi connectivity index (χ0v) is 18.4. The van der Waals surface area contributed by atoms with Gasteiger partial charge < -0.3 is 4.74 Å². The van der Waals surface area contributed by atoms with Crippen molar-refractivity contribution < 1.29 is 9.53 Å². The molecule has 0 aromatic heterocycles. The monoisotopic (exact) mass is 423 g/mol. The third kappa shape index (κ3) is 4.39. The van der Waals surface area contributed by atoms with E-state index in [1.165, 1.54) is 31.5 Å². The van der Waals surface area contributed by atoms with E-state index >= 15 is 0 Å². The summed E-state index contributed by atoms with van der Waals surface area (Å²) in [5.74, 6) is 0.919. The molecular weight excluding hydrogens is 394 g/mol. The van der Waals surface area contributed by atoms with Crippen LogP contribution in [0.5, 0.6) is 5.75 Å². The summed E-state index contributed by atoms with van der Waals surface area (Å²) in [6, 6.07) is 24.3. The average molecular weight is 424 g/mol. The molecule has 0 spiro atoms. The third-order valence-electron chi connectivity index (χ3n) is 6.50. The van der Waals surface area contributed by atoms with Crippen molar-refractivity contribution in [1.82, 2.24) is 4.90 Å². The van der Waals surface area contributed by atoms with Crippen molar-refractivity contribution in [3.8, 4) is 16.9 Å². The molecule has 5 rings (SSSR count). The minimum absolute atomic E-state index is 0.0814. The fourth-order valence-corrected chi connectivity index (χ4v) is 4.78. The van der Waals surface area contributed by atoms with Crippen LogP contribution in [-0.4, -0.2) is 36.9 Å². The van der Waals surface area contributed by atoms with Gasteiger partial charge in [0.05, 0.1) is 0 Å². The molecule has 3 heteroatoms. The van der Waals surface area contributed by atoms with Gasteiger partial charge in [-0.05, 0) is 73.7 Å². The van der Waals surface area contributed by atoms with E-state index < -0.39 is 0 Å². The van der Waals surface area contributed by atoms with E-state index in [0.717, 1.165) is 47.4 Å². The molecule has 2 aliphatic rings. The van der Waals surface area contributed by atoms with Gasteiger partial charge in [0, 0.05) is 23.2 Å². The first-order chi connectivity index (χ1) is 15.8. The van der Waals surface area contributed by atoms with Gasteiger partial charge in [0.15, 0.2) is 5.78 Å². The molecule has 0 radical (unpaired) electrons. The lowest BCUT2D eigenvalue weighted by Crippen LogP contribution is -2.25. The predicted molar refractivity (Wildman–Crippen MR) is 130 cm³/mol. The van der Waals surface area contributed by atoms with Gasteiger partial charge in [-0.3, -0.25) is 9.69 Å². The Hall–Kier alpha value is -3.17. The van der Waals surface area contributed by atoms with Crippen LogP contribution in [0, 0.1) is 0 Å². The minimum atomic E-state index is 0.0814. The lowest BCUT2D eigenvalue weighted by atomic mass is 9.86. The molecule has 0 amide bonds. The second-order valence-corrected chi connectivity index (χ2v) is 8.62. The van der Waals surface area contributed by atoms with Gasteiger partial charge in [0.2, 0.25) is 0 Å². The molecule has 0 saturated carbocycles. The van der Waals surface area contributed by atoms with E-state index in [0.29, 0.717) is 12.2 Å². The molecule has 3 aromatic carbocycles. The standard InChI is InChI=1S/C29H29NO2/c31-29(26-14-8-12-22-11-4-5-13-25(22)26)24-15-16-28(32-20-19-30-17-6-7-18-30)27(21-24)23-9-2-1-3-10-23/h1-5,9-11,13-16,21H,6-8,12,17-20H2. The normalized spacial score (nSPS) is 15.8. The Bertz CT molecular complexity index is 1130. The Morgan fingerprint density at radius 2 is 1.66 bits per heavy atom. The third-order valence-corrected chi connectivity index (χ3v) is 6.50. The summed E-state index contributed by atoms with van der Waals surface area (Å²) in [7, 11) is 0. The quantitative estimate of drug-likeness (QED) is 0.434. The number of likely N-dealkylation sites (tertiary alicyclic amines) is 1. The highest BCUT2D eigenvalue weighted by molar-refractivity contribution is 6.29. The topological polar surface area (TPSA) is 29.5 Å². The molecule has 3 aromatic rings. The molecule has 3 nitrogen and oxygen atoms in total. The molecule has 1 aliphatic carbocycles. The van der Waals surface area contributed by atoms with Crippen LogP contribution in [0.15, 0.2) is 78.9 Å². The van der Waals surface area contributed by atoms with Crippen molar-refractivity contribution in [1.29, 1.82) is 0 Å². The van der Waals surface area contributed by atoms with Crippen LogP contribution in [0.1, 0.15) is 40.7 Å². The number of ketones is 1. The predicted octanol–water partition coefficient (Wildman–Crippen LogP) is 6.04. The van der Waals surface area contributed by atoms with Crippen molar-refractivity contribution in [2.45, 2.75) is 25.7 Å². The van der Waals surface area contributed by atoms with Crippen molar-refractivity contribution >= 4 is 11.4 Å². The number of aryl methyl sites for hydroxylation is 1. The highest BCUT2D eigenvalue weighted by atomic mass is 16.5. The zero-order chi connectivity index (χ0) is 21.8. The number of fused-ring (bicyclic) bond motifs is 1. The number of nitrogens with zero attached hydrogens (tertiary/aromatic N) is 1. The van der Waals surface area contributed by atoms with E-state index in [1.54, 1.807) is 0 Å². The number of carbonyl (C=O) groups is 1. The van der Waals surface area contributed by atoms with Crippen molar-refractivity contribution in [2.75, 3.05) is 26.2 Å². The van der Waals surface area contributed by atoms with Gasteiger partial charge in [-0.15, -0.1) is 0 Å². The lowest BCUT2D eigenvalue weighted by Gasteiger charge is -2.19. The first-order valence-electron chi connectivity index (χ1n) is 11.7. The second kappa shape index (κ2) is 9.54. The summed E-state index contributed by atoms with van der Waals surface area (Å²) in [5, 5.41) is 0. The van der Waals surface area contributed by atoms with Gasteiger partial charge in [0.1, 0.15) is 12.4 Å². The summed E-state index contributed by atoms with van der Waals surface area (Å²) in [6.07, 6.45) is 6.55. The number of Topliss-reactive ketones (excluding diaryl/α,β-unsaturated/α-hetero) is 1. The fourth-order valence-electron chi connectivity index (χ4n) is 4.78. The molecule has 0 bridgehead atoms. The summed E-state index contributed by atoms with van der Waals surface area (Å²) in [5.41, 5.74) is 5.88. The molecule has 32 heavy (non-hydrogen) atoms. The van der Waals surface area contributed by atoms with Crippen molar-refractivity contribution in [3.63, 3.8) is 0 Å². The van der Waals surface area contributed by atoms with Crippen LogP contribution in [-0.2, 0) is 6.42 Å². The molecule has 0 unspecified atom stereocenters. The van der Waals surface area contributed by atoms with Gasteiger partial charge in [-0.25, -0.2) is 0 Å². The Labute approximate surface area is 190 Å². The van der Waals surface area contributed by atoms with Crippen molar-refractivity contribution in [3.05, 3.63) is 95.6 Å². The summed E-state index contributed by atoms with van der Waals surface area (Å²) >= 11 is 0. The van der Waals surface area contributed by atoms with E-state index in [9.17, 15) is 4.79 Å². The van der Waals surface area contributed by atoms with Gasteiger partial charge in [0.25, 0.3) is 0 Å². The second-order valence-electron chi connectivity index (χ2n) is 8.62. The smallest absolute Gasteiger partial charge is 0.193 e. The highest BCUT2D eigenvalue weighted by Crippen LogP contribution is 2.34. The van der Waals surface area contributed by atoms with Crippen molar-refractivity contribution in [2.24, 2.45) is 0 Å². The minimum Gasteiger partial charge on any atom is -0.492 e. The number of allylic oxidation sites excluding steroid dienone is 2. The Balaban J connectivity index is 1.43. The van der Waals surface area contributed by atoms with Crippen LogP contribution < -0.4 is 4.74 Å². The maximum Gasteiger partial charge on any atom is 0.193 e. The number of ether oxygens (including phenoxy) is 1. The van der Waals surface area contributed by atoms with E-state index in [2.05, 4.69) is 35.2 Å². The van der Waals surface area contributed by atoms with Crippen LogP contribution in [0.3, 0.4) is 0 Å². The first-order valence-corrected chi connectivity index (χ1v) is 11.7. The van der Waals surface area contributed by atoms with Gasteiger partial charge in [-0.1, -0.05) is 60.7 Å². The Morgan fingerprint density at radius 1 is 0.875 bits per heavy atom. The molecule has 0 atom stereocenters. The largest absolute Gasteiger partial charge is 0.492 e. The molecule has 1 saturated heterocycles. The van der Waals surface area contributed by atoms with Gasteiger partial charge in [-0.2, -0.15) is 0 Å². The summed E-state index contributed by atoms with van der Waals surface area (Å²) in [6.45, 7) is 3.93. The van der Waals surface area contributed by atoms with Gasteiger partial charge >= 0.3 is 0 Å². The zero-order valence-electron chi connectivity index (χ0n) is 18.4. The lowest BCUT2D eigenvalue weighted by molar-refractivity contribution is 0.105. The average Bonchev–Trinajstić information content (AvgIpc) is 3.37. The molecule has 1 fully saturated rings. The highest BCUT2D eigenvalue weighted by Gasteiger charge is 2.21. The van der Waals surface area contributed by atoms with E-state index in [-0.39, 0.29) is 5.78 Å². The molecule has 162 valence electrons. The van der Waals surface area contributed by atoms with Crippen LogP contribution in [0.25, 0.3) is 16.7 Å². The number of carbonyl (C=O) groups excluding carboxylic acids is 1.